The van der Waals surface area contributed by atoms with Crippen molar-refractivity contribution >= 4 is 29.3 Å². The van der Waals surface area contributed by atoms with E-state index in [0.29, 0.717) is 0 Å². The highest BCUT2D eigenvalue weighted by atomic mass is 32.1. The van der Waals surface area contributed by atoms with Gasteiger partial charge in [-0.2, -0.15) is 0 Å². The summed E-state index contributed by atoms with van der Waals surface area (Å²) in [6, 6.07) is 1.32. The number of hydrogen-bond acceptors (Lipinski definition) is 4. The molecule has 0 bridgehead atoms. The Kier molecular flexibility index (Phi) is 6.16. The van der Waals surface area contributed by atoms with Crippen molar-refractivity contribution in [2.45, 2.75) is 32.4 Å². The number of carboxylic acid groups (broad SMARTS) is 2. The van der Waals surface area contributed by atoms with E-state index in [1.807, 2.05) is 31.4 Å². The number of aliphatic carboxylic acids is 2. The second kappa shape index (κ2) is 7.63. The zero-order chi connectivity index (χ0) is 16.0. The molecule has 1 aromatic rings. The minimum atomic E-state index is -1.46. The first kappa shape index (κ1) is 17.0. The van der Waals surface area contributed by atoms with E-state index in [1.165, 1.54) is 11.3 Å². The summed E-state index contributed by atoms with van der Waals surface area (Å²) in [4.78, 5) is 34.3. The molecule has 0 saturated carbocycles. The number of carbonyl (C=O) groups is 3. The molecule has 1 unspecified atom stereocenters. The summed E-state index contributed by atoms with van der Waals surface area (Å²) in [6.07, 6.45) is -0.673. The maximum atomic E-state index is 11.9. The van der Waals surface area contributed by atoms with Gasteiger partial charge in [0.05, 0.1) is 12.5 Å². The summed E-state index contributed by atoms with van der Waals surface area (Å²) in [5.74, 6) is -2.57. The standard InChI is InChI=1S/C13H18N2O5S/c1-7(2)11(9-4-3-5-21-9)15-13(20)14-8(12(18)19)6-10(16)17/h3-5,7-8,11H,6H2,1-2H3,(H,16,17)(H,18,19)(H2,14,15,20)/t8-,11?/m1/s1. The van der Waals surface area contributed by atoms with E-state index in [0.717, 1.165) is 4.88 Å². The minimum absolute atomic E-state index is 0.108. The molecule has 4 N–H and O–H groups in total. The predicted molar refractivity (Wildman–Crippen MR) is 77.2 cm³/mol. The second-order valence-electron chi connectivity index (χ2n) is 4.84. The van der Waals surface area contributed by atoms with Crippen molar-refractivity contribution in [1.29, 1.82) is 0 Å². The van der Waals surface area contributed by atoms with Crippen molar-refractivity contribution in [1.82, 2.24) is 10.6 Å². The van der Waals surface area contributed by atoms with Crippen molar-refractivity contribution in [3.8, 4) is 0 Å². The molecule has 2 atom stereocenters. The minimum Gasteiger partial charge on any atom is -0.481 e. The third-order valence-electron chi connectivity index (χ3n) is 2.79. The monoisotopic (exact) mass is 314 g/mol. The number of carboxylic acids is 2. The molecule has 116 valence electrons. The van der Waals surface area contributed by atoms with Crippen LogP contribution in [0.3, 0.4) is 0 Å². The lowest BCUT2D eigenvalue weighted by Gasteiger charge is -2.22. The van der Waals surface area contributed by atoms with Crippen LogP contribution >= 0.6 is 11.3 Å². The van der Waals surface area contributed by atoms with E-state index in [1.54, 1.807) is 0 Å². The molecule has 0 aliphatic carbocycles. The number of rotatable bonds is 7. The summed E-state index contributed by atoms with van der Waals surface area (Å²) >= 11 is 1.48. The largest absolute Gasteiger partial charge is 0.481 e. The fraction of sp³-hybridized carbons (Fsp3) is 0.462. The molecule has 2 amide bonds. The molecular weight excluding hydrogens is 296 g/mol. The Morgan fingerprint density at radius 3 is 2.33 bits per heavy atom. The molecule has 0 radical (unpaired) electrons. The third kappa shape index (κ3) is 5.42. The van der Waals surface area contributed by atoms with Crippen molar-refractivity contribution in [2.24, 2.45) is 5.92 Å². The van der Waals surface area contributed by atoms with Crippen molar-refractivity contribution < 1.29 is 24.6 Å². The Morgan fingerprint density at radius 2 is 1.90 bits per heavy atom. The van der Waals surface area contributed by atoms with Crippen LogP contribution in [-0.4, -0.2) is 34.2 Å². The van der Waals surface area contributed by atoms with Gasteiger partial charge >= 0.3 is 18.0 Å². The van der Waals surface area contributed by atoms with Crippen LogP contribution in [0, 0.1) is 5.92 Å². The maximum absolute atomic E-state index is 11.9. The Bertz CT molecular complexity index is 501. The number of nitrogens with one attached hydrogen (secondary N) is 2. The molecule has 7 nitrogen and oxygen atoms in total. The molecule has 8 heteroatoms. The fourth-order valence-corrected chi connectivity index (χ4v) is 2.70. The zero-order valence-electron chi connectivity index (χ0n) is 11.7. The first-order valence-corrected chi connectivity index (χ1v) is 7.24. The Hall–Kier alpha value is -2.09. The van der Waals surface area contributed by atoms with E-state index in [9.17, 15) is 14.4 Å². The lowest BCUT2D eigenvalue weighted by molar-refractivity contribution is -0.145. The van der Waals surface area contributed by atoms with Crippen LogP contribution in [0.4, 0.5) is 4.79 Å². The van der Waals surface area contributed by atoms with E-state index >= 15 is 0 Å². The van der Waals surface area contributed by atoms with Crippen molar-refractivity contribution in [3.63, 3.8) is 0 Å². The molecule has 0 saturated heterocycles. The smallest absolute Gasteiger partial charge is 0.326 e. The van der Waals surface area contributed by atoms with Gasteiger partial charge < -0.3 is 20.8 Å². The number of thiophene rings is 1. The van der Waals surface area contributed by atoms with E-state index in [2.05, 4.69) is 10.6 Å². The summed E-state index contributed by atoms with van der Waals surface area (Å²) in [7, 11) is 0. The van der Waals surface area contributed by atoms with Crippen LogP contribution in [0.1, 0.15) is 31.2 Å². The highest BCUT2D eigenvalue weighted by Gasteiger charge is 2.25. The number of urea groups is 1. The highest BCUT2D eigenvalue weighted by Crippen LogP contribution is 2.25. The quantitative estimate of drug-likeness (QED) is 0.611. The van der Waals surface area contributed by atoms with Crippen LogP contribution in [0.2, 0.25) is 0 Å². The molecule has 0 aliphatic heterocycles. The third-order valence-corrected chi connectivity index (χ3v) is 3.74. The molecule has 0 fully saturated rings. The number of amides is 2. The Balaban J connectivity index is 2.69. The van der Waals surface area contributed by atoms with E-state index in [-0.39, 0.29) is 12.0 Å². The van der Waals surface area contributed by atoms with Gasteiger partial charge in [0, 0.05) is 4.88 Å². The van der Waals surface area contributed by atoms with Gasteiger partial charge in [-0.25, -0.2) is 9.59 Å². The summed E-state index contributed by atoms with van der Waals surface area (Å²) in [5, 5.41) is 24.3. The van der Waals surface area contributed by atoms with Gasteiger partial charge in [-0.05, 0) is 17.4 Å². The number of carbonyl (C=O) groups excluding carboxylic acids is 1. The molecule has 1 aromatic heterocycles. The van der Waals surface area contributed by atoms with Crippen LogP contribution in [-0.2, 0) is 9.59 Å². The molecule has 0 spiro atoms. The Labute approximate surface area is 126 Å². The van der Waals surface area contributed by atoms with Gasteiger partial charge in [0.15, 0.2) is 0 Å². The van der Waals surface area contributed by atoms with Crippen LogP contribution in [0.25, 0.3) is 0 Å². The second-order valence-corrected chi connectivity index (χ2v) is 5.82. The zero-order valence-corrected chi connectivity index (χ0v) is 12.5. The summed E-state index contributed by atoms with van der Waals surface area (Å²) in [5.41, 5.74) is 0. The van der Waals surface area contributed by atoms with Crippen molar-refractivity contribution in [2.75, 3.05) is 0 Å². The predicted octanol–water partition coefficient (Wildman–Crippen LogP) is 1.67. The lowest BCUT2D eigenvalue weighted by Crippen LogP contribution is -2.48. The van der Waals surface area contributed by atoms with E-state index in [4.69, 9.17) is 10.2 Å². The van der Waals surface area contributed by atoms with Crippen LogP contribution in [0.15, 0.2) is 17.5 Å². The molecule has 0 aliphatic rings. The molecule has 1 heterocycles. The normalized spacial score (nSPS) is 13.5. The van der Waals surface area contributed by atoms with E-state index < -0.39 is 30.4 Å². The van der Waals surface area contributed by atoms with Crippen LogP contribution < -0.4 is 10.6 Å². The van der Waals surface area contributed by atoms with Gasteiger partial charge in [0.2, 0.25) is 0 Å². The van der Waals surface area contributed by atoms with Crippen LogP contribution in [0.5, 0.6) is 0 Å². The topological polar surface area (TPSA) is 116 Å². The van der Waals surface area contributed by atoms with Gasteiger partial charge in [-0.15, -0.1) is 11.3 Å². The SMILES string of the molecule is CC(C)C(NC(=O)N[C@H](CC(=O)O)C(=O)O)c1cccs1. The molecular formula is C13H18N2O5S. The number of hydrogen-bond donors (Lipinski definition) is 4. The van der Waals surface area contributed by atoms with Crippen molar-refractivity contribution in [3.05, 3.63) is 22.4 Å². The summed E-state index contributed by atoms with van der Waals surface area (Å²) in [6.45, 7) is 3.85. The van der Waals surface area contributed by atoms with Gasteiger partial charge in [0.25, 0.3) is 0 Å². The Morgan fingerprint density at radius 1 is 1.24 bits per heavy atom. The molecule has 0 aromatic carbocycles. The lowest BCUT2D eigenvalue weighted by atomic mass is 10.0. The van der Waals surface area contributed by atoms with Gasteiger partial charge in [-0.3, -0.25) is 4.79 Å². The molecule has 21 heavy (non-hydrogen) atoms. The average molecular weight is 314 g/mol. The summed E-state index contributed by atoms with van der Waals surface area (Å²) < 4.78 is 0. The van der Waals surface area contributed by atoms with Gasteiger partial charge in [0.1, 0.15) is 6.04 Å². The fourth-order valence-electron chi connectivity index (χ4n) is 1.75. The highest BCUT2D eigenvalue weighted by molar-refractivity contribution is 7.10. The van der Waals surface area contributed by atoms with Gasteiger partial charge in [-0.1, -0.05) is 19.9 Å². The first-order chi connectivity index (χ1) is 9.81. The maximum Gasteiger partial charge on any atom is 0.326 e. The first-order valence-electron chi connectivity index (χ1n) is 6.36. The molecule has 1 rings (SSSR count). The average Bonchev–Trinajstić information content (AvgIpc) is 2.87.